The van der Waals surface area contributed by atoms with Crippen molar-refractivity contribution in [2.45, 2.75) is 70.6 Å². The Balaban J connectivity index is 1.52. The van der Waals surface area contributed by atoms with Gasteiger partial charge in [0.05, 0.1) is 0 Å². The lowest BCUT2D eigenvalue weighted by atomic mass is 9.77. The van der Waals surface area contributed by atoms with E-state index in [4.69, 9.17) is 0 Å². The van der Waals surface area contributed by atoms with E-state index in [-0.39, 0.29) is 0 Å². The predicted octanol–water partition coefficient (Wildman–Crippen LogP) is 7.41. The van der Waals surface area contributed by atoms with E-state index in [9.17, 15) is 8.78 Å². The van der Waals surface area contributed by atoms with Gasteiger partial charge in [-0.05, 0) is 72.8 Å². The van der Waals surface area contributed by atoms with E-state index in [0.717, 1.165) is 17.0 Å². The van der Waals surface area contributed by atoms with Crippen LogP contribution in [-0.2, 0) is 6.42 Å². The zero-order valence-electron chi connectivity index (χ0n) is 15.8. The first-order valence-electron chi connectivity index (χ1n) is 10.2. The average molecular weight is 357 g/mol. The monoisotopic (exact) mass is 356 g/mol. The van der Waals surface area contributed by atoms with E-state index < -0.39 is 11.6 Å². The Hall–Kier alpha value is -1.70. The van der Waals surface area contributed by atoms with E-state index in [1.807, 2.05) is 0 Å². The van der Waals surface area contributed by atoms with Crippen LogP contribution in [0.25, 0.3) is 0 Å². The molecule has 26 heavy (non-hydrogen) atoms. The molecule has 2 aromatic carbocycles. The first-order chi connectivity index (χ1) is 12.7. The van der Waals surface area contributed by atoms with Crippen LogP contribution in [-0.4, -0.2) is 0 Å². The maximum atomic E-state index is 13.3. The molecule has 0 bridgehead atoms. The lowest BCUT2D eigenvalue weighted by molar-refractivity contribution is 0.303. The summed E-state index contributed by atoms with van der Waals surface area (Å²) in [7, 11) is 0. The zero-order chi connectivity index (χ0) is 18.4. The van der Waals surface area contributed by atoms with E-state index in [1.165, 1.54) is 69.1 Å². The Kier molecular flexibility index (Phi) is 6.82. The van der Waals surface area contributed by atoms with E-state index in [2.05, 4.69) is 31.2 Å². The molecule has 0 aromatic heterocycles. The molecule has 0 amide bonds. The highest BCUT2D eigenvalue weighted by molar-refractivity contribution is 5.30. The van der Waals surface area contributed by atoms with Crippen LogP contribution in [0.15, 0.2) is 42.5 Å². The van der Waals surface area contributed by atoms with Gasteiger partial charge in [0, 0.05) is 0 Å². The molecule has 0 atom stereocenters. The van der Waals surface area contributed by atoms with Crippen LogP contribution in [0.3, 0.4) is 0 Å². The van der Waals surface area contributed by atoms with Gasteiger partial charge in [0.25, 0.3) is 0 Å². The first-order valence-corrected chi connectivity index (χ1v) is 10.2. The Morgan fingerprint density at radius 1 is 0.808 bits per heavy atom. The maximum absolute atomic E-state index is 13.3. The van der Waals surface area contributed by atoms with Gasteiger partial charge in [-0.1, -0.05) is 62.9 Å². The van der Waals surface area contributed by atoms with Crippen LogP contribution in [0.4, 0.5) is 8.78 Å². The molecule has 1 fully saturated rings. The number of unbranched alkanes of at least 4 members (excludes halogenated alkanes) is 2. The highest BCUT2D eigenvalue weighted by atomic mass is 19.2. The summed E-state index contributed by atoms with van der Waals surface area (Å²) in [6.07, 6.45) is 11.5. The molecule has 0 aliphatic heterocycles. The third-order valence-corrected chi connectivity index (χ3v) is 5.91. The molecule has 0 spiro atoms. The smallest absolute Gasteiger partial charge is 0.159 e. The second-order valence-corrected chi connectivity index (χ2v) is 7.88. The largest absolute Gasteiger partial charge is 0.204 e. The van der Waals surface area contributed by atoms with E-state index in [1.54, 1.807) is 6.07 Å². The maximum Gasteiger partial charge on any atom is 0.159 e. The molecule has 0 saturated heterocycles. The molecule has 0 radical (unpaired) electrons. The van der Waals surface area contributed by atoms with Gasteiger partial charge in [-0.3, -0.25) is 0 Å². The number of hydrogen-bond acceptors (Lipinski definition) is 0. The topological polar surface area (TPSA) is 0 Å². The van der Waals surface area contributed by atoms with Crippen LogP contribution >= 0.6 is 0 Å². The van der Waals surface area contributed by atoms with Crippen LogP contribution in [0.1, 0.15) is 80.9 Å². The standard InChI is InChI=1S/C24H30F2/c1-2-3-4-5-18-6-11-21(12-7-18)22-13-8-19(9-14-22)16-20-10-15-23(25)24(26)17-20/h8-10,13-15,17-18,21H,2-7,11-12,16H2,1H3. The Morgan fingerprint density at radius 3 is 2.15 bits per heavy atom. The fourth-order valence-corrected chi connectivity index (χ4v) is 4.26. The van der Waals surface area contributed by atoms with Crippen molar-refractivity contribution in [3.05, 3.63) is 70.8 Å². The number of rotatable bonds is 7. The minimum absolute atomic E-state index is 0.641. The number of hydrogen-bond donors (Lipinski definition) is 0. The van der Waals surface area contributed by atoms with Gasteiger partial charge in [0.2, 0.25) is 0 Å². The normalized spacial score (nSPS) is 20.3. The van der Waals surface area contributed by atoms with Crippen molar-refractivity contribution < 1.29 is 8.78 Å². The number of halogens is 2. The third-order valence-electron chi connectivity index (χ3n) is 5.91. The molecule has 1 aliphatic carbocycles. The molecule has 0 nitrogen and oxygen atoms in total. The van der Waals surface area contributed by atoms with Crippen molar-refractivity contribution in [1.29, 1.82) is 0 Å². The summed E-state index contributed by atoms with van der Waals surface area (Å²) in [5, 5.41) is 0. The van der Waals surface area contributed by atoms with Gasteiger partial charge in [0.15, 0.2) is 11.6 Å². The highest BCUT2D eigenvalue weighted by Crippen LogP contribution is 2.37. The Bertz CT molecular complexity index is 682. The molecule has 1 saturated carbocycles. The van der Waals surface area contributed by atoms with E-state index in [0.29, 0.717) is 12.3 Å². The van der Waals surface area contributed by atoms with Crippen LogP contribution in [0.2, 0.25) is 0 Å². The van der Waals surface area contributed by atoms with Crippen molar-refractivity contribution >= 4 is 0 Å². The molecular formula is C24H30F2. The van der Waals surface area contributed by atoms with Crippen LogP contribution in [0.5, 0.6) is 0 Å². The van der Waals surface area contributed by atoms with Gasteiger partial charge >= 0.3 is 0 Å². The van der Waals surface area contributed by atoms with Crippen molar-refractivity contribution in [3.63, 3.8) is 0 Å². The fourth-order valence-electron chi connectivity index (χ4n) is 4.26. The van der Waals surface area contributed by atoms with Gasteiger partial charge in [-0.15, -0.1) is 0 Å². The second-order valence-electron chi connectivity index (χ2n) is 7.88. The Morgan fingerprint density at radius 2 is 1.50 bits per heavy atom. The first kappa shape index (κ1) is 19.1. The molecule has 2 aromatic rings. The molecule has 3 rings (SSSR count). The minimum Gasteiger partial charge on any atom is -0.204 e. The van der Waals surface area contributed by atoms with Gasteiger partial charge in [-0.25, -0.2) is 8.78 Å². The van der Waals surface area contributed by atoms with Crippen LogP contribution in [0, 0.1) is 17.6 Å². The Labute approximate surface area is 156 Å². The highest BCUT2D eigenvalue weighted by Gasteiger charge is 2.21. The molecule has 0 N–H and O–H groups in total. The summed E-state index contributed by atoms with van der Waals surface area (Å²) < 4.78 is 26.4. The van der Waals surface area contributed by atoms with Crippen LogP contribution < -0.4 is 0 Å². The summed E-state index contributed by atoms with van der Waals surface area (Å²) in [6.45, 7) is 2.27. The summed E-state index contributed by atoms with van der Waals surface area (Å²) >= 11 is 0. The molecule has 0 heterocycles. The summed E-state index contributed by atoms with van der Waals surface area (Å²) in [5.41, 5.74) is 3.39. The van der Waals surface area contributed by atoms with Gasteiger partial charge in [-0.2, -0.15) is 0 Å². The van der Waals surface area contributed by atoms with Crippen molar-refractivity contribution in [3.8, 4) is 0 Å². The molecule has 1 aliphatic rings. The van der Waals surface area contributed by atoms with Crippen molar-refractivity contribution in [2.24, 2.45) is 5.92 Å². The van der Waals surface area contributed by atoms with Gasteiger partial charge < -0.3 is 0 Å². The third kappa shape index (κ3) is 5.16. The van der Waals surface area contributed by atoms with Crippen molar-refractivity contribution in [1.82, 2.24) is 0 Å². The zero-order valence-corrected chi connectivity index (χ0v) is 15.8. The summed E-state index contributed by atoms with van der Waals surface area (Å²) in [4.78, 5) is 0. The molecule has 0 unspecified atom stereocenters. The fraction of sp³-hybridized carbons (Fsp3) is 0.500. The predicted molar refractivity (Wildman–Crippen MR) is 104 cm³/mol. The summed E-state index contributed by atoms with van der Waals surface area (Å²) in [5.74, 6) is 0.0735. The molecule has 2 heteroatoms. The SMILES string of the molecule is CCCCCC1CCC(c2ccc(Cc3ccc(F)c(F)c3)cc2)CC1. The quantitative estimate of drug-likeness (QED) is 0.453. The lowest BCUT2D eigenvalue weighted by Crippen LogP contribution is -2.13. The van der Waals surface area contributed by atoms with Crippen molar-refractivity contribution in [2.75, 3.05) is 0 Å². The average Bonchev–Trinajstić information content (AvgIpc) is 2.66. The molecular weight excluding hydrogens is 326 g/mol. The minimum atomic E-state index is -0.783. The molecule has 140 valence electrons. The van der Waals surface area contributed by atoms with E-state index >= 15 is 0 Å². The lowest BCUT2D eigenvalue weighted by Gasteiger charge is -2.29. The number of benzene rings is 2. The van der Waals surface area contributed by atoms with Gasteiger partial charge in [0.1, 0.15) is 0 Å². The summed E-state index contributed by atoms with van der Waals surface area (Å²) in [6, 6.07) is 12.9. The second kappa shape index (κ2) is 9.30.